The molecule has 1 aliphatic rings. The minimum absolute atomic E-state index is 0.221. The Bertz CT molecular complexity index is 873. The fraction of sp³-hybridized carbons (Fsp3) is 0.0952. The van der Waals surface area contributed by atoms with E-state index in [1.165, 1.54) is 20.9 Å². The molecule has 1 aliphatic heterocycles. The van der Waals surface area contributed by atoms with Crippen molar-refractivity contribution in [1.82, 2.24) is 0 Å². The van der Waals surface area contributed by atoms with Crippen LogP contribution in [0.5, 0.6) is 0 Å². The van der Waals surface area contributed by atoms with Crippen molar-refractivity contribution in [2.45, 2.75) is 15.0 Å². The van der Waals surface area contributed by atoms with Gasteiger partial charge in [-0.25, -0.2) is 0 Å². The van der Waals surface area contributed by atoms with E-state index in [0.29, 0.717) is 0 Å². The Morgan fingerprint density at radius 1 is 0.875 bits per heavy atom. The number of hydrogen-bond acceptors (Lipinski definition) is 3. The molecule has 0 aromatic heterocycles. The molecule has 3 heteroatoms. The lowest BCUT2D eigenvalue weighted by atomic mass is 10.0. The highest BCUT2D eigenvalue weighted by molar-refractivity contribution is 8.00. The first-order valence-electron chi connectivity index (χ1n) is 7.89. The van der Waals surface area contributed by atoms with Gasteiger partial charge in [0.05, 0.1) is 16.6 Å². The summed E-state index contributed by atoms with van der Waals surface area (Å²) in [6.45, 7) is 0. The molecule has 0 N–H and O–H groups in total. The third kappa shape index (κ3) is 3.02. The Hall–Kier alpha value is -1.97. The summed E-state index contributed by atoms with van der Waals surface area (Å²) < 4.78 is 0. The SMILES string of the molecule is CSc1ccc2c(c1)SC(c1ccccc1)C(c1ccccc1)=N2. The Labute approximate surface area is 151 Å². The molecule has 1 heterocycles. The van der Waals surface area contributed by atoms with Gasteiger partial charge in [-0.2, -0.15) is 0 Å². The highest BCUT2D eigenvalue weighted by Gasteiger charge is 2.26. The fourth-order valence-corrected chi connectivity index (χ4v) is 4.65. The lowest BCUT2D eigenvalue weighted by Gasteiger charge is -2.25. The van der Waals surface area contributed by atoms with Gasteiger partial charge in [0.15, 0.2) is 0 Å². The second-order valence-electron chi connectivity index (χ2n) is 5.61. The first kappa shape index (κ1) is 15.6. The smallest absolute Gasteiger partial charge is 0.0773 e. The molecule has 1 atom stereocenters. The monoisotopic (exact) mass is 347 g/mol. The van der Waals surface area contributed by atoms with Crippen molar-refractivity contribution in [1.29, 1.82) is 0 Å². The van der Waals surface area contributed by atoms with Crippen LogP contribution in [0.1, 0.15) is 16.4 Å². The standard InChI is InChI=1S/C21H17NS2/c1-23-17-12-13-18-19(14-17)24-21(16-10-6-3-7-11-16)20(22-18)15-8-4-2-5-9-15/h2-14,21H,1H3. The minimum atomic E-state index is 0.221. The van der Waals surface area contributed by atoms with Crippen LogP contribution in [-0.2, 0) is 0 Å². The molecule has 0 aliphatic carbocycles. The predicted octanol–water partition coefficient (Wildman–Crippen LogP) is 6.38. The molecular weight excluding hydrogens is 330 g/mol. The fourth-order valence-electron chi connectivity index (χ4n) is 2.86. The summed E-state index contributed by atoms with van der Waals surface area (Å²) in [5.74, 6) is 0. The van der Waals surface area contributed by atoms with E-state index in [2.05, 4.69) is 85.1 Å². The average molecular weight is 348 g/mol. The van der Waals surface area contributed by atoms with Crippen molar-refractivity contribution in [2.75, 3.05) is 6.26 Å². The molecule has 0 amide bonds. The Morgan fingerprint density at radius 3 is 2.29 bits per heavy atom. The predicted molar refractivity (Wildman–Crippen MR) is 106 cm³/mol. The molecule has 1 unspecified atom stereocenters. The normalized spacial score (nSPS) is 16.4. The van der Waals surface area contributed by atoms with Gasteiger partial charge in [-0.3, -0.25) is 4.99 Å². The van der Waals surface area contributed by atoms with Gasteiger partial charge in [-0.15, -0.1) is 23.5 Å². The highest BCUT2D eigenvalue weighted by atomic mass is 32.2. The number of benzene rings is 3. The van der Waals surface area contributed by atoms with Crippen molar-refractivity contribution in [3.8, 4) is 0 Å². The summed E-state index contributed by atoms with van der Waals surface area (Å²) in [6, 6.07) is 27.7. The number of rotatable bonds is 3. The van der Waals surface area contributed by atoms with Gasteiger partial charge in [-0.05, 0) is 35.6 Å². The molecule has 3 aromatic rings. The van der Waals surface area contributed by atoms with E-state index in [0.717, 1.165) is 11.4 Å². The van der Waals surface area contributed by atoms with Crippen molar-refractivity contribution >= 4 is 34.9 Å². The minimum Gasteiger partial charge on any atom is -0.250 e. The van der Waals surface area contributed by atoms with Crippen molar-refractivity contribution < 1.29 is 0 Å². The molecule has 0 spiro atoms. The van der Waals surface area contributed by atoms with Gasteiger partial charge in [0, 0.05) is 9.79 Å². The number of nitrogens with zero attached hydrogens (tertiary/aromatic N) is 1. The summed E-state index contributed by atoms with van der Waals surface area (Å²) in [5, 5.41) is 0.221. The van der Waals surface area contributed by atoms with Gasteiger partial charge in [-0.1, -0.05) is 60.7 Å². The maximum atomic E-state index is 5.04. The van der Waals surface area contributed by atoms with Crippen LogP contribution in [0.3, 0.4) is 0 Å². The van der Waals surface area contributed by atoms with E-state index >= 15 is 0 Å². The maximum Gasteiger partial charge on any atom is 0.0773 e. The van der Waals surface area contributed by atoms with Gasteiger partial charge in [0.1, 0.15) is 0 Å². The molecule has 3 aromatic carbocycles. The summed E-state index contributed by atoms with van der Waals surface area (Å²) in [5.41, 5.74) is 4.70. The quantitative estimate of drug-likeness (QED) is 0.510. The summed E-state index contributed by atoms with van der Waals surface area (Å²) in [6.07, 6.45) is 2.11. The van der Waals surface area contributed by atoms with Gasteiger partial charge in [0.25, 0.3) is 0 Å². The Morgan fingerprint density at radius 2 is 1.58 bits per heavy atom. The number of aliphatic imine (C=N–C) groups is 1. The molecule has 0 saturated heterocycles. The van der Waals surface area contributed by atoms with E-state index < -0.39 is 0 Å². The third-order valence-corrected chi connectivity index (χ3v) is 6.11. The summed E-state index contributed by atoms with van der Waals surface area (Å²) >= 11 is 3.67. The zero-order valence-electron chi connectivity index (χ0n) is 13.3. The van der Waals surface area contributed by atoms with E-state index in [4.69, 9.17) is 4.99 Å². The van der Waals surface area contributed by atoms with E-state index in [1.54, 1.807) is 11.8 Å². The summed E-state index contributed by atoms with van der Waals surface area (Å²) in [7, 11) is 0. The molecule has 4 rings (SSSR count). The van der Waals surface area contributed by atoms with Crippen LogP contribution in [0.25, 0.3) is 0 Å². The molecule has 1 nitrogen and oxygen atoms in total. The zero-order valence-corrected chi connectivity index (χ0v) is 15.0. The second kappa shape index (κ2) is 6.88. The highest BCUT2D eigenvalue weighted by Crippen LogP contribution is 2.47. The zero-order chi connectivity index (χ0) is 16.4. The molecule has 0 fully saturated rings. The molecular formula is C21H17NS2. The molecule has 0 bridgehead atoms. The molecule has 0 radical (unpaired) electrons. The van der Waals surface area contributed by atoms with Gasteiger partial charge >= 0.3 is 0 Å². The topological polar surface area (TPSA) is 12.4 Å². The number of hydrogen-bond donors (Lipinski definition) is 0. The first-order chi connectivity index (χ1) is 11.8. The van der Waals surface area contributed by atoms with Crippen LogP contribution in [0.15, 0.2) is 93.6 Å². The Balaban J connectivity index is 1.86. The largest absolute Gasteiger partial charge is 0.250 e. The third-order valence-electron chi connectivity index (χ3n) is 4.07. The number of thioether (sulfide) groups is 2. The lowest BCUT2D eigenvalue weighted by molar-refractivity contribution is 1.19. The van der Waals surface area contributed by atoms with E-state index in [1.807, 2.05) is 11.8 Å². The lowest BCUT2D eigenvalue weighted by Crippen LogP contribution is -2.13. The van der Waals surface area contributed by atoms with Crippen LogP contribution in [0.2, 0.25) is 0 Å². The van der Waals surface area contributed by atoms with E-state index in [9.17, 15) is 0 Å². The molecule has 118 valence electrons. The van der Waals surface area contributed by atoms with Crippen LogP contribution < -0.4 is 0 Å². The van der Waals surface area contributed by atoms with Crippen molar-refractivity contribution in [3.05, 3.63) is 90.0 Å². The molecule has 0 saturated carbocycles. The van der Waals surface area contributed by atoms with Crippen LogP contribution >= 0.6 is 23.5 Å². The van der Waals surface area contributed by atoms with E-state index in [-0.39, 0.29) is 5.25 Å². The van der Waals surface area contributed by atoms with Crippen LogP contribution in [0.4, 0.5) is 5.69 Å². The van der Waals surface area contributed by atoms with Crippen LogP contribution in [0, 0.1) is 0 Å². The molecule has 24 heavy (non-hydrogen) atoms. The number of fused-ring (bicyclic) bond motifs is 1. The Kier molecular flexibility index (Phi) is 4.46. The van der Waals surface area contributed by atoms with Crippen LogP contribution in [-0.4, -0.2) is 12.0 Å². The van der Waals surface area contributed by atoms with Gasteiger partial charge < -0.3 is 0 Å². The van der Waals surface area contributed by atoms with Crippen molar-refractivity contribution in [2.24, 2.45) is 4.99 Å². The average Bonchev–Trinajstić information content (AvgIpc) is 2.68. The first-order valence-corrected chi connectivity index (χ1v) is 9.99. The van der Waals surface area contributed by atoms with Crippen molar-refractivity contribution in [3.63, 3.8) is 0 Å². The maximum absolute atomic E-state index is 5.04. The van der Waals surface area contributed by atoms with Gasteiger partial charge in [0.2, 0.25) is 0 Å². The second-order valence-corrected chi connectivity index (χ2v) is 7.63. The summed E-state index contributed by atoms with van der Waals surface area (Å²) in [4.78, 5) is 7.58.